The van der Waals surface area contributed by atoms with Crippen molar-refractivity contribution in [2.75, 3.05) is 7.11 Å². The van der Waals surface area contributed by atoms with Crippen molar-refractivity contribution < 1.29 is 19.1 Å². The molecule has 0 unspecified atom stereocenters. The number of esters is 1. The van der Waals surface area contributed by atoms with Crippen LogP contribution in [0.25, 0.3) is 11.0 Å². The highest BCUT2D eigenvalue weighted by Crippen LogP contribution is 2.37. The third-order valence-electron chi connectivity index (χ3n) is 4.78. The van der Waals surface area contributed by atoms with Gasteiger partial charge in [0, 0.05) is 29.1 Å². The average molecular weight is 349 g/mol. The van der Waals surface area contributed by atoms with Crippen molar-refractivity contribution in [1.29, 1.82) is 0 Å². The summed E-state index contributed by atoms with van der Waals surface area (Å²) in [6, 6.07) is 10.4. The molecule has 132 valence electrons. The zero-order valence-corrected chi connectivity index (χ0v) is 14.5. The van der Waals surface area contributed by atoms with Gasteiger partial charge in [-0.3, -0.25) is 4.99 Å². The Labute approximate surface area is 150 Å². The number of methoxy groups -OCH3 is 1. The molecule has 0 amide bonds. The van der Waals surface area contributed by atoms with Crippen LogP contribution in [0.15, 0.2) is 45.8 Å². The van der Waals surface area contributed by atoms with Gasteiger partial charge in [-0.15, -0.1) is 0 Å². The summed E-state index contributed by atoms with van der Waals surface area (Å²) in [7, 11) is 1.34. The molecule has 0 bridgehead atoms. The van der Waals surface area contributed by atoms with Gasteiger partial charge >= 0.3 is 5.97 Å². The standard InChI is InChI=1S/C21H19NO4/c1-25-21(24)13-6-2-4-8-16(13)22-12-15-17(23)10-11-19-20(15)14-7-3-5-9-18(14)26-19/h2,4,6,8,10-12,23H,3,5,7,9H2,1H3/b22-12+. The summed E-state index contributed by atoms with van der Waals surface area (Å²) < 4.78 is 10.8. The minimum absolute atomic E-state index is 0.144. The predicted molar refractivity (Wildman–Crippen MR) is 99.6 cm³/mol. The van der Waals surface area contributed by atoms with E-state index in [-0.39, 0.29) is 5.75 Å². The van der Waals surface area contributed by atoms with Gasteiger partial charge in [0.05, 0.1) is 18.4 Å². The summed E-state index contributed by atoms with van der Waals surface area (Å²) in [5.41, 5.74) is 3.41. The van der Waals surface area contributed by atoms with Gasteiger partial charge in [-0.1, -0.05) is 12.1 Å². The molecule has 0 saturated carbocycles. The number of aromatic hydroxyl groups is 1. The van der Waals surface area contributed by atoms with E-state index in [1.165, 1.54) is 7.11 Å². The average Bonchev–Trinajstić information content (AvgIpc) is 3.06. The highest BCUT2D eigenvalue weighted by molar-refractivity contribution is 6.04. The fraction of sp³-hybridized carbons (Fsp3) is 0.238. The molecule has 5 heteroatoms. The molecule has 0 spiro atoms. The lowest BCUT2D eigenvalue weighted by atomic mass is 9.94. The lowest BCUT2D eigenvalue weighted by Crippen LogP contribution is -2.01. The Morgan fingerprint density at radius 3 is 2.85 bits per heavy atom. The summed E-state index contributed by atoms with van der Waals surface area (Å²) in [6.45, 7) is 0. The first-order chi connectivity index (χ1) is 12.7. The zero-order chi connectivity index (χ0) is 18.1. The number of ether oxygens (including phenoxy) is 1. The molecule has 0 radical (unpaired) electrons. The minimum atomic E-state index is -0.444. The molecule has 0 fully saturated rings. The molecule has 0 saturated heterocycles. The van der Waals surface area contributed by atoms with E-state index in [0.717, 1.165) is 48.0 Å². The van der Waals surface area contributed by atoms with Crippen LogP contribution in [-0.4, -0.2) is 24.4 Å². The first kappa shape index (κ1) is 16.4. The molecule has 26 heavy (non-hydrogen) atoms. The van der Waals surface area contributed by atoms with Crippen LogP contribution in [0.2, 0.25) is 0 Å². The molecular weight excluding hydrogens is 330 g/mol. The first-order valence-electron chi connectivity index (χ1n) is 8.66. The number of phenols is 1. The fourth-order valence-electron chi connectivity index (χ4n) is 3.51. The SMILES string of the molecule is COC(=O)c1ccccc1/N=C/c1c(O)ccc2oc3c(c12)CCCC3. The van der Waals surface area contributed by atoms with Crippen molar-refractivity contribution >= 4 is 28.8 Å². The number of aryl methyl sites for hydroxylation is 2. The molecule has 0 atom stereocenters. The topological polar surface area (TPSA) is 72.0 Å². The third kappa shape index (κ3) is 2.75. The summed E-state index contributed by atoms with van der Waals surface area (Å²) in [5, 5.41) is 11.3. The number of nitrogens with zero attached hydrogens (tertiary/aromatic N) is 1. The lowest BCUT2D eigenvalue weighted by molar-refractivity contribution is 0.0601. The van der Waals surface area contributed by atoms with Crippen LogP contribution >= 0.6 is 0 Å². The Morgan fingerprint density at radius 1 is 1.19 bits per heavy atom. The first-order valence-corrected chi connectivity index (χ1v) is 8.66. The van der Waals surface area contributed by atoms with Gasteiger partial charge in [0.15, 0.2) is 0 Å². The van der Waals surface area contributed by atoms with Crippen LogP contribution in [0.3, 0.4) is 0 Å². The highest BCUT2D eigenvalue weighted by atomic mass is 16.5. The quantitative estimate of drug-likeness (QED) is 0.556. The van der Waals surface area contributed by atoms with E-state index in [9.17, 15) is 9.90 Å². The number of fused-ring (bicyclic) bond motifs is 3. The third-order valence-corrected chi connectivity index (χ3v) is 4.78. The van der Waals surface area contributed by atoms with Crippen LogP contribution in [0.5, 0.6) is 5.75 Å². The Balaban J connectivity index is 1.83. The van der Waals surface area contributed by atoms with Crippen LogP contribution in [0.4, 0.5) is 5.69 Å². The number of furan rings is 1. The van der Waals surface area contributed by atoms with E-state index in [2.05, 4.69) is 4.99 Å². The lowest BCUT2D eigenvalue weighted by Gasteiger charge is -2.10. The summed E-state index contributed by atoms with van der Waals surface area (Å²) >= 11 is 0. The monoisotopic (exact) mass is 349 g/mol. The molecule has 5 nitrogen and oxygen atoms in total. The number of aliphatic imine (C=N–C) groups is 1. The summed E-state index contributed by atoms with van der Waals surface area (Å²) in [5.74, 6) is 0.702. The van der Waals surface area contributed by atoms with Gasteiger partial charge in [-0.2, -0.15) is 0 Å². The highest BCUT2D eigenvalue weighted by Gasteiger charge is 2.21. The Hall–Kier alpha value is -3.08. The van der Waals surface area contributed by atoms with E-state index in [0.29, 0.717) is 16.8 Å². The normalized spacial score (nSPS) is 13.9. The molecule has 3 aromatic rings. The molecule has 1 heterocycles. The summed E-state index contributed by atoms with van der Waals surface area (Å²) in [4.78, 5) is 16.4. The van der Waals surface area contributed by atoms with Gasteiger partial charge in [0.2, 0.25) is 0 Å². The second kappa shape index (κ2) is 6.67. The number of carbonyl (C=O) groups excluding carboxylic acids is 1. The maximum absolute atomic E-state index is 11.9. The second-order valence-corrected chi connectivity index (χ2v) is 6.35. The maximum atomic E-state index is 11.9. The van der Waals surface area contributed by atoms with Crippen LogP contribution < -0.4 is 0 Å². The largest absolute Gasteiger partial charge is 0.507 e. The van der Waals surface area contributed by atoms with Crippen LogP contribution in [-0.2, 0) is 17.6 Å². The smallest absolute Gasteiger partial charge is 0.340 e. The van der Waals surface area contributed by atoms with E-state index in [1.54, 1.807) is 42.6 Å². The van der Waals surface area contributed by atoms with Crippen LogP contribution in [0, 0.1) is 0 Å². The van der Waals surface area contributed by atoms with Crippen LogP contribution in [0.1, 0.15) is 40.1 Å². The number of rotatable bonds is 3. The molecule has 1 aromatic heterocycles. The number of hydrogen-bond donors (Lipinski definition) is 1. The maximum Gasteiger partial charge on any atom is 0.340 e. The number of para-hydroxylation sites is 1. The molecule has 0 aliphatic heterocycles. The van der Waals surface area contributed by atoms with Crippen molar-refractivity contribution in [3.63, 3.8) is 0 Å². The summed E-state index contributed by atoms with van der Waals surface area (Å²) in [6.07, 6.45) is 5.69. The van der Waals surface area contributed by atoms with E-state index in [4.69, 9.17) is 9.15 Å². The van der Waals surface area contributed by atoms with Gasteiger partial charge in [-0.25, -0.2) is 4.79 Å². The van der Waals surface area contributed by atoms with Crippen molar-refractivity contribution in [3.05, 3.63) is 58.8 Å². The number of benzene rings is 2. The molecular formula is C21H19NO4. The number of hydrogen-bond acceptors (Lipinski definition) is 5. The Bertz CT molecular complexity index is 1020. The molecule has 2 aromatic carbocycles. The molecule has 1 aliphatic carbocycles. The van der Waals surface area contributed by atoms with Gasteiger partial charge in [0.1, 0.15) is 17.1 Å². The minimum Gasteiger partial charge on any atom is -0.507 e. The molecule has 1 aliphatic rings. The fourth-order valence-corrected chi connectivity index (χ4v) is 3.51. The predicted octanol–water partition coefficient (Wildman–Crippen LogP) is 4.55. The Kier molecular flexibility index (Phi) is 4.21. The van der Waals surface area contributed by atoms with E-state index < -0.39 is 5.97 Å². The molecule has 1 N–H and O–H groups in total. The molecule has 4 rings (SSSR count). The van der Waals surface area contributed by atoms with Crippen molar-refractivity contribution in [2.24, 2.45) is 4.99 Å². The van der Waals surface area contributed by atoms with Crippen molar-refractivity contribution in [1.82, 2.24) is 0 Å². The van der Waals surface area contributed by atoms with E-state index in [1.807, 2.05) is 0 Å². The Morgan fingerprint density at radius 2 is 2.00 bits per heavy atom. The van der Waals surface area contributed by atoms with Crippen molar-refractivity contribution in [2.45, 2.75) is 25.7 Å². The van der Waals surface area contributed by atoms with E-state index >= 15 is 0 Å². The van der Waals surface area contributed by atoms with Crippen molar-refractivity contribution in [3.8, 4) is 5.75 Å². The number of phenolic OH excluding ortho intramolecular Hbond substituents is 1. The second-order valence-electron chi connectivity index (χ2n) is 6.35. The number of carbonyl (C=O) groups is 1. The zero-order valence-electron chi connectivity index (χ0n) is 14.5. The van der Waals surface area contributed by atoms with Gasteiger partial charge in [-0.05, 0) is 43.5 Å². The van der Waals surface area contributed by atoms with Gasteiger partial charge < -0.3 is 14.3 Å². The van der Waals surface area contributed by atoms with Gasteiger partial charge in [0.25, 0.3) is 0 Å².